The lowest BCUT2D eigenvalue weighted by Crippen LogP contribution is -2.04. The Hall–Kier alpha value is -2.43. The minimum absolute atomic E-state index is 0.00775. The molecule has 5 heteroatoms. The summed E-state index contributed by atoms with van der Waals surface area (Å²) in [6.07, 6.45) is 5.24. The third-order valence-corrected chi connectivity index (χ3v) is 2.55. The zero-order valence-corrected chi connectivity index (χ0v) is 10.3. The molecular formula is C14H14N2O3. The van der Waals surface area contributed by atoms with Crippen LogP contribution < -0.4 is 4.74 Å². The van der Waals surface area contributed by atoms with Gasteiger partial charge < -0.3 is 9.84 Å². The van der Waals surface area contributed by atoms with E-state index >= 15 is 0 Å². The van der Waals surface area contributed by atoms with E-state index in [0.717, 1.165) is 12.8 Å². The van der Waals surface area contributed by atoms with Crippen LogP contribution >= 0.6 is 0 Å². The van der Waals surface area contributed by atoms with Crippen LogP contribution in [0.5, 0.6) is 5.88 Å². The summed E-state index contributed by atoms with van der Waals surface area (Å²) in [7, 11) is 0. The van der Waals surface area contributed by atoms with Gasteiger partial charge in [0.25, 0.3) is 0 Å². The smallest absolute Gasteiger partial charge is 0.354 e. The maximum atomic E-state index is 10.7. The first-order chi connectivity index (χ1) is 9.25. The van der Waals surface area contributed by atoms with E-state index in [2.05, 4.69) is 9.97 Å². The Labute approximate surface area is 110 Å². The molecular weight excluding hydrogens is 244 g/mol. The van der Waals surface area contributed by atoms with Crippen molar-refractivity contribution in [2.45, 2.75) is 12.8 Å². The van der Waals surface area contributed by atoms with Crippen molar-refractivity contribution in [2.24, 2.45) is 0 Å². The molecule has 0 amide bonds. The predicted octanol–water partition coefficient (Wildman–Crippen LogP) is 2.19. The van der Waals surface area contributed by atoms with Crippen LogP contribution in [0.3, 0.4) is 0 Å². The lowest BCUT2D eigenvalue weighted by atomic mass is 10.1. The molecule has 98 valence electrons. The molecule has 0 spiro atoms. The number of nitrogens with zero attached hydrogens (tertiary/aromatic N) is 2. The van der Waals surface area contributed by atoms with Gasteiger partial charge in [-0.25, -0.2) is 9.78 Å². The molecule has 0 radical (unpaired) electrons. The second-order valence-electron chi connectivity index (χ2n) is 3.97. The van der Waals surface area contributed by atoms with Gasteiger partial charge in [-0.1, -0.05) is 6.07 Å². The molecule has 2 aromatic rings. The number of hydrogen-bond acceptors (Lipinski definition) is 4. The van der Waals surface area contributed by atoms with Gasteiger partial charge in [0.2, 0.25) is 5.88 Å². The molecule has 0 bridgehead atoms. The minimum atomic E-state index is -1.05. The van der Waals surface area contributed by atoms with E-state index in [1.54, 1.807) is 24.5 Å². The molecule has 2 rings (SSSR count). The van der Waals surface area contributed by atoms with E-state index in [1.807, 2.05) is 12.1 Å². The Morgan fingerprint density at radius 1 is 1.21 bits per heavy atom. The molecule has 2 aromatic heterocycles. The highest BCUT2D eigenvalue weighted by molar-refractivity contribution is 5.85. The fourth-order valence-corrected chi connectivity index (χ4v) is 1.62. The molecule has 0 saturated carbocycles. The van der Waals surface area contributed by atoms with Gasteiger partial charge >= 0.3 is 5.97 Å². The summed E-state index contributed by atoms with van der Waals surface area (Å²) in [4.78, 5) is 18.6. The molecule has 0 atom stereocenters. The standard InChI is InChI=1S/C14H14N2O3/c17-14(18)12-4-1-5-13(16-12)19-10-2-3-11-6-8-15-9-7-11/h1,4-9H,2-3,10H2,(H,17,18). The van der Waals surface area contributed by atoms with Gasteiger partial charge in [0.05, 0.1) is 6.61 Å². The molecule has 0 aliphatic heterocycles. The number of carboxylic acids is 1. The minimum Gasteiger partial charge on any atom is -0.478 e. The van der Waals surface area contributed by atoms with Crippen molar-refractivity contribution in [3.63, 3.8) is 0 Å². The second-order valence-corrected chi connectivity index (χ2v) is 3.97. The number of rotatable bonds is 6. The monoisotopic (exact) mass is 258 g/mol. The molecule has 0 fully saturated rings. The highest BCUT2D eigenvalue weighted by Crippen LogP contribution is 2.09. The van der Waals surface area contributed by atoms with Crippen LogP contribution in [0.2, 0.25) is 0 Å². The topological polar surface area (TPSA) is 72.3 Å². The first-order valence-electron chi connectivity index (χ1n) is 5.98. The number of carbonyl (C=O) groups is 1. The van der Waals surface area contributed by atoms with Gasteiger partial charge in [-0.15, -0.1) is 0 Å². The summed E-state index contributed by atoms with van der Waals surface area (Å²) >= 11 is 0. The number of carboxylic acid groups (broad SMARTS) is 1. The maximum absolute atomic E-state index is 10.7. The molecule has 2 heterocycles. The van der Waals surface area contributed by atoms with Crippen molar-refractivity contribution in [1.29, 1.82) is 0 Å². The van der Waals surface area contributed by atoms with Crippen molar-refractivity contribution in [3.8, 4) is 5.88 Å². The lowest BCUT2D eigenvalue weighted by molar-refractivity contribution is 0.0689. The van der Waals surface area contributed by atoms with E-state index < -0.39 is 5.97 Å². The fourth-order valence-electron chi connectivity index (χ4n) is 1.62. The summed E-state index contributed by atoms with van der Waals surface area (Å²) in [5.41, 5.74) is 1.19. The molecule has 0 aliphatic rings. The number of pyridine rings is 2. The Kier molecular flexibility index (Phi) is 4.44. The largest absolute Gasteiger partial charge is 0.478 e. The highest BCUT2D eigenvalue weighted by Gasteiger charge is 2.05. The Balaban J connectivity index is 1.80. The molecule has 0 aromatic carbocycles. The van der Waals surface area contributed by atoms with Gasteiger partial charge in [0, 0.05) is 18.5 Å². The molecule has 0 aliphatic carbocycles. The molecule has 1 N–H and O–H groups in total. The maximum Gasteiger partial charge on any atom is 0.354 e. The zero-order chi connectivity index (χ0) is 13.5. The zero-order valence-electron chi connectivity index (χ0n) is 10.3. The number of aromatic carboxylic acids is 1. The Morgan fingerprint density at radius 3 is 2.74 bits per heavy atom. The van der Waals surface area contributed by atoms with E-state index in [1.165, 1.54) is 11.6 Å². The van der Waals surface area contributed by atoms with E-state index in [4.69, 9.17) is 9.84 Å². The van der Waals surface area contributed by atoms with E-state index in [9.17, 15) is 4.79 Å². The molecule has 0 unspecified atom stereocenters. The number of aryl methyl sites for hydroxylation is 1. The third kappa shape index (κ3) is 4.06. The van der Waals surface area contributed by atoms with Crippen LogP contribution in [-0.2, 0) is 6.42 Å². The van der Waals surface area contributed by atoms with Gasteiger partial charge in [-0.05, 0) is 36.6 Å². The van der Waals surface area contributed by atoms with E-state index in [-0.39, 0.29) is 5.69 Å². The van der Waals surface area contributed by atoms with Crippen LogP contribution in [-0.4, -0.2) is 27.7 Å². The van der Waals surface area contributed by atoms with Crippen molar-refractivity contribution in [2.75, 3.05) is 6.61 Å². The summed E-state index contributed by atoms with van der Waals surface area (Å²) < 4.78 is 5.43. The first-order valence-corrected chi connectivity index (χ1v) is 5.98. The first kappa shape index (κ1) is 13.0. The average molecular weight is 258 g/mol. The summed E-state index contributed by atoms with van der Waals surface area (Å²) in [6, 6.07) is 8.63. The predicted molar refractivity (Wildman–Crippen MR) is 69.2 cm³/mol. The third-order valence-electron chi connectivity index (χ3n) is 2.55. The number of hydrogen-bond donors (Lipinski definition) is 1. The second kappa shape index (κ2) is 6.49. The van der Waals surface area contributed by atoms with Crippen molar-refractivity contribution in [1.82, 2.24) is 9.97 Å². The van der Waals surface area contributed by atoms with Crippen molar-refractivity contribution in [3.05, 3.63) is 54.0 Å². The highest BCUT2D eigenvalue weighted by atomic mass is 16.5. The van der Waals surface area contributed by atoms with Crippen molar-refractivity contribution < 1.29 is 14.6 Å². The molecule has 0 saturated heterocycles. The summed E-state index contributed by atoms with van der Waals surface area (Å²) in [6.45, 7) is 0.498. The number of ether oxygens (including phenoxy) is 1. The average Bonchev–Trinajstić information content (AvgIpc) is 2.45. The van der Waals surface area contributed by atoms with Gasteiger partial charge in [0.15, 0.2) is 5.69 Å². The number of aromatic nitrogens is 2. The van der Waals surface area contributed by atoms with Gasteiger partial charge in [-0.2, -0.15) is 0 Å². The van der Waals surface area contributed by atoms with Crippen LogP contribution in [0.1, 0.15) is 22.5 Å². The Bertz CT molecular complexity index is 543. The normalized spacial score (nSPS) is 10.1. The Morgan fingerprint density at radius 2 is 2.00 bits per heavy atom. The fraction of sp³-hybridized carbons (Fsp3) is 0.214. The molecule has 19 heavy (non-hydrogen) atoms. The van der Waals surface area contributed by atoms with Crippen molar-refractivity contribution >= 4 is 5.97 Å². The van der Waals surface area contributed by atoms with Crippen LogP contribution in [0, 0.1) is 0 Å². The van der Waals surface area contributed by atoms with Gasteiger partial charge in [0.1, 0.15) is 0 Å². The van der Waals surface area contributed by atoms with Crippen LogP contribution in [0.4, 0.5) is 0 Å². The molecule has 5 nitrogen and oxygen atoms in total. The summed E-state index contributed by atoms with van der Waals surface area (Å²) in [5.74, 6) is -0.711. The van der Waals surface area contributed by atoms with Gasteiger partial charge in [-0.3, -0.25) is 4.98 Å². The summed E-state index contributed by atoms with van der Waals surface area (Å²) in [5, 5.41) is 8.81. The lowest BCUT2D eigenvalue weighted by Gasteiger charge is -2.05. The van der Waals surface area contributed by atoms with Crippen LogP contribution in [0.15, 0.2) is 42.7 Å². The van der Waals surface area contributed by atoms with E-state index in [0.29, 0.717) is 12.5 Å². The van der Waals surface area contributed by atoms with Crippen LogP contribution in [0.25, 0.3) is 0 Å². The quantitative estimate of drug-likeness (QED) is 0.804. The SMILES string of the molecule is O=C(O)c1cccc(OCCCc2ccncc2)n1.